The van der Waals surface area contributed by atoms with Gasteiger partial charge in [0, 0.05) is 25.0 Å². The Bertz CT molecular complexity index is 1050. The topological polar surface area (TPSA) is 86.7 Å². The molecule has 0 fully saturated rings. The molecule has 2 aromatic carbocycles. The van der Waals surface area contributed by atoms with Crippen LogP contribution in [0.5, 0.6) is 5.75 Å². The molecule has 1 aliphatic carbocycles. The molecule has 0 heterocycles. The van der Waals surface area contributed by atoms with E-state index >= 15 is 0 Å². The number of benzene rings is 2. The first kappa shape index (κ1) is 20.5. The van der Waals surface area contributed by atoms with Crippen LogP contribution in [0.15, 0.2) is 36.4 Å². The predicted molar refractivity (Wildman–Crippen MR) is 105 cm³/mol. The van der Waals surface area contributed by atoms with Gasteiger partial charge in [-0.25, -0.2) is 0 Å². The van der Waals surface area contributed by atoms with Crippen molar-refractivity contribution in [3.8, 4) is 5.75 Å². The molecule has 0 amide bonds. The molecule has 150 valence electrons. The van der Waals surface area contributed by atoms with E-state index in [-0.39, 0.29) is 28.4 Å². The van der Waals surface area contributed by atoms with Crippen LogP contribution in [-0.2, 0) is 19.9 Å². The van der Waals surface area contributed by atoms with E-state index in [1.807, 2.05) is 13.8 Å². The van der Waals surface area contributed by atoms with Crippen LogP contribution >= 0.6 is 0 Å². The third-order valence-electron chi connectivity index (χ3n) is 4.91. The first-order chi connectivity index (χ1) is 13.6. The summed E-state index contributed by atoms with van der Waals surface area (Å²) < 4.78 is 10.8. The maximum absolute atomic E-state index is 13.4. The van der Waals surface area contributed by atoms with E-state index in [0.29, 0.717) is 0 Å². The van der Waals surface area contributed by atoms with Crippen molar-refractivity contribution in [2.45, 2.75) is 46.1 Å². The molecule has 0 radical (unpaired) electrons. The van der Waals surface area contributed by atoms with Gasteiger partial charge >= 0.3 is 11.9 Å². The van der Waals surface area contributed by atoms with Gasteiger partial charge in [-0.1, -0.05) is 37.6 Å². The molecule has 0 saturated carbocycles. The van der Waals surface area contributed by atoms with E-state index in [0.717, 1.165) is 18.1 Å². The van der Waals surface area contributed by atoms with E-state index in [4.69, 9.17) is 9.47 Å². The van der Waals surface area contributed by atoms with E-state index in [2.05, 4.69) is 0 Å². The SMILES string of the molecule is CC(=O)Oc1cc(C(C)C)ccc1C1(OC(C)=O)C(=O)c2ccc(C)cc2C1=O. The van der Waals surface area contributed by atoms with Crippen molar-refractivity contribution in [3.05, 3.63) is 64.2 Å². The Balaban J connectivity index is 2.31. The number of aryl methyl sites for hydroxylation is 1. The number of carbonyl (C=O) groups is 4. The van der Waals surface area contributed by atoms with Crippen LogP contribution in [0.3, 0.4) is 0 Å². The van der Waals surface area contributed by atoms with Crippen molar-refractivity contribution >= 4 is 23.5 Å². The fourth-order valence-electron chi connectivity index (χ4n) is 3.56. The molecule has 1 atom stereocenters. The molecule has 29 heavy (non-hydrogen) atoms. The fraction of sp³-hybridized carbons (Fsp3) is 0.304. The molecule has 1 aliphatic rings. The molecule has 0 spiro atoms. The number of ether oxygens (including phenoxy) is 2. The quantitative estimate of drug-likeness (QED) is 0.444. The number of esters is 2. The van der Waals surface area contributed by atoms with Gasteiger partial charge in [0.25, 0.3) is 5.60 Å². The second kappa shape index (κ2) is 7.28. The van der Waals surface area contributed by atoms with Gasteiger partial charge in [-0.15, -0.1) is 0 Å². The van der Waals surface area contributed by atoms with Gasteiger partial charge < -0.3 is 9.47 Å². The van der Waals surface area contributed by atoms with Gasteiger partial charge in [0.2, 0.25) is 11.6 Å². The Kier molecular flexibility index (Phi) is 5.13. The van der Waals surface area contributed by atoms with Gasteiger partial charge in [-0.3, -0.25) is 19.2 Å². The van der Waals surface area contributed by atoms with E-state index in [9.17, 15) is 19.2 Å². The minimum atomic E-state index is -2.22. The molecule has 0 N–H and O–H groups in total. The second-order valence-electron chi connectivity index (χ2n) is 7.49. The Labute approximate surface area is 168 Å². The number of fused-ring (bicyclic) bond motifs is 1. The smallest absolute Gasteiger partial charge is 0.308 e. The summed E-state index contributed by atoms with van der Waals surface area (Å²) in [6, 6.07) is 9.70. The maximum atomic E-state index is 13.4. The van der Waals surface area contributed by atoms with Crippen molar-refractivity contribution in [2.24, 2.45) is 0 Å². The number of hydrogen-bond acceptors (Lipinski definition) is 6. The van der Waals surface area contributed by atoms with Gasteiger partial charge in [0.1, 0.15) is 5.75 Å². The van der Waals surface area contributed by atoms with Crippen molar-refractivity contribution in [2.75, 3.05) is 0 Å². The molecular formula is C23H22O6. The average Bonchev–Trinajstić information content (AvgIpc) is 2.83. The molecule has 6 heteroatoms. The molecule has 0 bridgehead atoms. The van der Waals surface area contributed by atoms with Gasteiger partial charge in [-0.2, -0.15) is 0 Å². The number of rotatable bonds is 4. The highest BCUT2D eigenvalue weighted by Crippen LogP contribution is 2.45. The molecule has 3 rings (SSSR count). The highest BCUT2D eigenvalue weighted by atomic mass is 16.6. The zero-order valence-corrected chi connectivity index (χ0v) is 17.0. The van der Waals surface area contributed by atoms with Gasteiger partial charge in [0.05, 0.1) is 5.56 Å². The molecule has 6 nitrogen and oxygen atoms in total. The summed E-state index contributed by atoms with van der Waals surface area (Å²) in [6.07, 6.45) is 0. The molecule has 0 aromatic heterocycles. The highest BCUT2D eigenvalue weighted by molar-refractivity contribution is 6.33. The zero-order valence-electron chi connectivity index (χ0n) is 17.0. The van der Waals surface area contributed by atoms with Crippen LogP contribution in [0.25, 0.3) is 0 Å². The Hall–Kier alpha value is -3.28. The minimum Gasteiger partial charge on any atom is -0.437 e. The standard InChI is InChI=1S/C23H22O6/c1-12(2)16-7-9-19(20(11-16)28-14(4)24)23(29-15(5)25)21(26)17-8-6-13(3)10-18(17)22(23)27/h6-12H,1-5H3. The van der Waals surface area contributed by atoms with E-state index in [1.54, 1.807) is 37.3 Å². The van der Waals surface area contributed by atoms with Crippen LogP contribution in [0.4, 0.5) is 0 Å². The number of carbonyl (C=O) groups excluding carboxylic acids is 4. The summed E-state index contributed by atoms with van der Waals surface area (Å²) in [5.41, 5.74) is -0.201. The third kappa shape index (κ3) is 3.35. The summed E-state index contributed by atoms with van der Waals surface area (Å²) in [6.45, 7) is 8.06. The van der Waals surface area contributed by atoms with E-state index in [1.165, 1.54) is 13.0 Å². The summed E-state index contributed by atoms with van der Waals surface area (Å²) in [7, 11) is 0. The molecular weight excluding hydrogens is 372 g/mol. The lowest BCUT2D eigenvalue weighted by molar-refractivity contribution is -0.149. The van der Waals surface area contributed by atoms with Crippen molar-refractivity contribution in [1.29, 1.82) is 0 Å². The summed E-state index contributed by atoms with van der Waals surface area (Å²) in [5.74, 6) is -2.58. The van der Waals surface area contributed by atoms with Crippen molar-refractivity contribution in [1.82, 2.24) is 0 Å². The van der Waals surface area contributed by atoms with Crippen LogP contribution in [0, 0.1) is 6.92 Å². The first-order valence-electron chi connectivity index (χ1n) is 9.30. The van der Waals surface area contributed by atoms with Crippen LogP contribution < -0.4 is 4.74 Å². The Morgan fingerprint density at radius 2 is 1.55 bits per heavy atom. The molecule has 0 saturated heterocycles. The molecule has 0 aliphatic heterocycles. The lowest BCUT2D eigenvalue weighted by Crippen LogP contribution is -2.43. The Morgan fingerprint density at radius 3 is 2.14 bits per heavy atom. The normalized spacial score (nSPS) is 18.0. The van der Waals surface area contributed by atoms with Gasteiger partial charge in [-0.05, 0) is 36.6 Å². The Morgan fingerprint density at radius 1 is 0.897 bits per heavy atom. The fourth-order valence-corrected chi connectivity index (χ4v) is 3.56. The highest BCUT2D eigenvalue weighted by Gasteiger charge is 2.59. The zero-order chi connectivity index (χ0) is 21.5. The average molecular weight is 394 g/mol. The van der Waals surface area contributed by atoms with Crippen molar-refractivity contribution in [3.63, 3.8) is 0 Å². The largest absolute Gasteiger partial charge is 0.437 e. The molecule has 2 aromatic rings. The van der Waals surface area contributed by atoms with Gasteiger partial charge in [0.15, 0.2) is 0 Å². The van der Waals surface area contributed by atoms with Crippen molar-refractivity contribution < 1.29 is 28.7 Å². The third-order valence-corrected chi connectivity index (χ3v) is 4.91. The molecule has 1 unspecified atom stereocenters. The lowest BCUT2D eigenvalue weighted by Gasteiger charge is -2.28. The van der Waals surface area contributed by atoms with Crippen LogP contribution in [0.2, 0.25) is 0 Å². The summed E-state index contributed by atoms with van der Waals surface area (Å²) >= 11 is 0. The summed E-state index contributed by atoms with van der Waals surface area (Å²) in [5, 5.41) is 0. The monoisotopic (exact) mass is 394 g/mol. The predicted octanol–water partition coefficient (Wildman–Crippen LogP) is 3.88. The number of ketones is 2. The lowest BCUT2D eigenvalue weighted by atomic mass is 9.86. The maximum Gasteiger partial charge on any atom is 0.308 e. The number of Topliss-reactive ketones (excluding diaryl/α,β-unsaturated/α-hetero) is 2. The van der Waals surface area contributed by atoms with Crippen LogP contribution in [0.1, 0.15) is 71.0 Å². The van der Waals surface area contributed by atoms with E-state index < -0.39 is 29.1 Å². The summed E-state index contributed by atoms with van der Waals surface area (Å²) in [4.78, 5) is 50.5. The van der Waals surface area contributed by atoms with Crippen LogP contribution in [-0.4, -0.2) is 23.5 Å². The second-order valence-corrected chi connectivity index (χ2v) is 7.49. The minimum absolute atomic E-state index is 0.0242. The first-order valence-corrected chi connectivity index (χ1v) is 9.30. The number of hydrogen-bond donors (Lipinski definition) is 0.